The van der Waals surface area contributed by atoms with Crippen LogP contribution < -0.4 is 5.73 Å². The molecule has 0 heterocycles. The molecule has 3 nitrogen and oxygen atoms in total. The van der Waals surface area contributed by atoms with Crippen LogP contribution in [0.25, 0.3) is 0 Å². The molecule has 0 bridgehead atoms. The minimum absolute atomic E-state index is 0.301. The quantitative estimate of drug-likeness (QED) is 0.585. The van der Waals surface area contributed by atoms with Crippen molar-refractivity contribution in [3.63, 3.8) is 0 Å². The standard InChI is InChI=1S/C8H6NO2/c9-8(11)7-3-1-6(5-10)2-4-7/h1-5,9H. The highest BCUT2D eigenvalue weighted by Crippen LogP contribution is 2.01. The van der Waals surface area contributed by atoms with Crippen LogP contribution in [0, 0.1) is 0 Å². The molecule has 1 radical (unpaired) electrons. The third kappa shape index (κ3) is 1.64. The Labute approximate surface area is 63.8 Å². The van der Waals surface area contributed by atoms with Gasteiger partial charge in [0.05, 0.1) is 0 Å². The Bertz CT molecular complexity index is 277. The smallest absolute Gasteiger partial charge is 0.269 e. The van der Waals surface area contributed by atoms with Crippen LogP contribution in [0.5, 0.6) is 0 Å². The lowest BCUT2D eigenvalue weighted by Crippen LogP contribution is -1.97. The van der Waals surface area contributed by atoms with Crippen molar-refractivity contribution < 1.29 is 9.59 Å². The zero-order valence-electron chi connectivity index (χ0n) is 5.70. The van der Waals surface area contributed by atoms with Crippen LogP contribution in [0.4, 0.5) is 0 Å². The van der Waals surface area contributed by atoms with Gasteiger partial charge in [0.2, 0.25) is 0 Å². The Hall–Kier alpha value is -1.64. The fraction of sp³-hybridized carbons (Fsp3) is 0. The second-order valence-corrected chi connectivity index (χ2v) is 2.07. The van der Waals surface area contributed by atoms with Crippen molar-refractivity contribution in [3.05, 3.63) is 35.4 Å². The van der Waals surface area contributed by atoms with Gasteiger partial charge >= 0.3 is 0 Å². The molecule has 3 heteroatoms. The van der Waals surface area contributed by atoms with Crippen LogP contribution in [0.15, 0.2) is 24.3 Å². The number of hydrogen-bond acceptors (Lipinski definition) is 2. The van der Waals surface area contributed by atoms with Crippen LogP contribution in [-0.4, -0.2) is 12.2 Å². The second-order valence-electron chi connectivity index (χ2n) is 2.07. The molecule has 0 saturated heterocycles. The minimum atomic E-state index is -0.734. The summed E-state index contributed by atoms with van der Waals surface area (Å²) < 4.78 is 0. The van der Waals surface area contributed by atoms with Gasteiger partial charge in [-0.25, -0.2) is 0 Å². The molecule has 0 unspecified atom stereocenters. The highest BCUT2D eigenvalue weighted by Gasteiger charge is 1.98. The van der Waals surface area contributed by atoms with Gasteiger partial charge in [-0.05, 0) is 12.1 Å². The van der Waals surface area contributed by atoms with E-state index in [1.807, 2.05) is 0 Å². The molecule has 0 atom stereocenters. The molecule has 1 aromatic rings. The molecule has 0 spiro atoms. The number of carbonyl (C=O) groups is 2. The number of hydrogen-bond donors (Lipinski definition) is 0. The molecule has 0 aliphatic carbocycles. The van der Waals surface area contributed by atoms with E-state index in [0.717, 1.165) is 0 Å². The van der Waals surface area contributed by atoms with Crippen molar-refractivity contribution in [1.82, 2.24) is 5.73 Å². The van der Waals surface area contributed by atoms with Gasteiger partial charge < -0.3 is 0 Å². The molecule has 0 saturated carbocycles. The van der Waals surface area contributed by atoms with E-state index in [1.54, 1.807) is 0 Å². The summed E-state index contributed by atoms with van der Waals surface area (Å²) in [5.41, 5.74) is 7.53. The first-order valence-electron chi connectivity index (χ1n) is 3.05. The van der Waals surface area contributed by atoms with Crippen molar-refractivity contribution >= 4 is 12.2 Å². The number of carbonyl (C=O) groups excluding carboxylic acids is 2. The number of amides is 1. The van der Waals surface area contributed by atoms with Crippen LogP contribution in [-0.2, 0) is 0 Å². The van der Waals surface area contributed by atoms with E-state index in [-0.39, 0.29) is 0 Å². The number of benzene rings is 1. The summed E-state index contributed by atoms with van der Waals surface area (Å²) in [5.74, 6) is -0.734. The maximum Gasteiger partial charge on any atom is 0.269 e. The predicted octanol–water partition coefficient (Wildman–Crippen LogP) is 0.922. The molecule has 55 valence electrons. The highest BCUT2D eigenvalue weighted by atomic mass is 16.1. The number of rotatable bonds is 2. The topological polar surface area (TPSA) is 57.9 Å². The Morgan fingerprint density at radius 3 is 2.18 bits per heavy atom. The van der Waals surface area contributed by atoms with E-state index in [1.165, 1.54) is 24.3 Å². The van der Waals surface area contributed by atoms with E-state index < -0.39 is 5.91 Å². The van der Waals surface area contributed by atoms with Crippen LogP contribution in [0.2, 0.25) is 0 Å². The van der Waals surface area contributed by atoms with Gasteiger partial charge in [0.1, 0.15) is 6.29 Å². The van der Waals surface area contributed by atoms with Crippen LogP contribution in [0.1, 0.15) is 20.7 Å². The third-order valence-electron chi connectivity index (χ3n) is 1.31. The fourth-order valence-electron chi connectivity index (χ4n) is 0.713. The molecule has 0 aliphatic heterocycles. The SMILES string of the molecule is [NH]C(=O)c1ccc(C=O)cc1. The second kappa shape index (κ2) is 2.96. The maximum absolute atomic E-state index is 10.4. The van der Waals surface area contributed by atoms with Gasteiger partial charge in [-0.15, -0.1) is 0 Å². The zero-order valence-corrected chi connectivity index (χ0v) is 5.70. The van der Waals surface area contributed by atoms with Crippen LogP contribution in [0.3, 0.4) is 0 Å². The highest BCUT2D eigenvalue weighted by molar-refractivity contribution is 5.92. The molecule has 0 aromatic heterocycles. The minimum Gasteiger partial charge on any atom is -0.298 e. The van der Waals surface area contributed by atoms with Gasteiger partial charge in [0, 0.05) is 11.1 Å². The molecule has 1 aromatic carbocycles. The molecular formula is C8H6NO2. The number of aldehydes is 1. The zero-order chi connectivity index (χ0) is 8.27. The van der Waals surface area contributed by atoms with E-state index in [4.69, 9.17) is 5.73 Å². The third-order valence-corrected chi connectivity index (χ3v) is 1.31. The Balaban J connectivity index is 3.00. The lowest BCUT2D eigenvalue weighted by molar-refractivity contribution is 0.0991. The molecule has 1 amide bonds. The summed E-state index contributed by atoms with van der Waals surface area (Å²) in [6.45, 7) is 0. The van der Waals surface area contributed by atoms with Gasteiger partial charge in [-0.3, -0.25) is 15.3 Å². The van der Waals surface area contributed by atoms with Gasteiger partial charge in [0.25, 0.3) is 5.91 Å². The molecule has 1 N–H and O–H groups in total. The van der Waals surface area contributed by atoms with E-state index in [0.29, 0.717) is 17.4 Å². The van der Waals surface area contributed by atoms with Crippen molar-refractivity contribution in [2.24, 2.45) is 0 Å². The predicted molar refractivity (Wildman–Crippen MR) is 39.3 cm³/mol. The maximum atomic E-state index is 10.4. The van der Waals surface area contributed by atoms with Crippen molar-refractivity contribution in [2.75, 3.05) is 0 Å². The first kappa shape index (κ1) is 7.47. The van der Waals surface area contributed by atoms with Gasteiger partial charge in [0.15, 0.2) is 0 Å². The van der Waals surface area contributed by atoms with Crippen molar-refractivity contribution in [3.8, 4) is 0 Å². The lowest BCUT2D eigenvalue weighted by atomic mass is 10.1. The summed E-state index contributed by atoms with van der Waals surface area (Å²) in [6, 6.07) is 5.93. The Morgan fingerprint density at radius 1 is 1.27 bits per heavy atom. The molecular weight excluding hydrogens is 142 g/mol. The summed E-state index contributed by atoms with van der Waals surface area (Å²) in [5, 5.41) is 0. The van der Waals surface area contributed by atoms with Crippen molar-refractivity contribution in [1.29, 1.82) is 0 Å². The fourth-order valence-corrected chi connectivity index (χ4v) is 0.713. The summed E-state index contributed by atoms with van der Waals surface area (Å²) in [7, 11) is 0. The average molecular weight is 148 g/mol. The van der Waals surface area contributed by atoms with E-state index in [2.05, 4.69) is 0 Å². The van der Waals surface area contributed by atoms with Gasteiger partial charge in [-0.2, -0.15) is 0 Å². The van der Waals surface area contributed by atoms with Crippen molar-refractivity contribution in [2.45, 2.75) is 0 Å². The Kier molecular flexibility index (Phi) is 2.01. The summed E-state index contributed by atoms with van der Waals surface area (Å²) in [4.78, 5) is 20.6. The molecule has 0 fully saturated rings. The van der Waals surface area contributed by atoms with Gasteiger partial charge in [-0.1, -0.05) is 12.1 Å². The number of nitrogens with one attached hydrogen (secondary N) is 1. The molecule has 0 aliphatic rings. The molecule has 1 rings (SSSR count). The lowest BCUT2D eigenvalue weighted by Gasteiger charge is -1.92. The average Bonchev–Trinajstić information content (AvgIpc) is 2.05. The Morgan fingerprint density at radius 2 is 1.82 bits per heavy atom. The largest absolute Gasteiger partial charge is 0.298 e. The summed E-state index contributed by atoms with van der Waals surface area (Å²) >= 11 is 0. The van der Waals surface area contributed by atoms with E-state index >= 15 is 0 Å². The van der Waals surface area contributed by atoms with E-state index in [9.17, 15) is 9.59 Å². The first-order chi connectivity index (χ1) is 5.24. The molecule has 11 heavy (non-hydrogen) atoms. The van der Waals surface area contributed by atoms with Crippen LogP contribution >= 0.6 is 0 Å². The summed E-state index contributed by atoms with van der Waals surface area (Å²) in [6.07, 6.45) is 0.693. The normalized spacial score (nSPS) is 9.09. The monoisotopic (exact) mass is 148 g/mol. The first-order valence-corrected chi connectivity index (χ1v) is 3.05.